The number of para-hydroxylation sites is 1. The Morgan fingerprint density at radius 3 is 3.00 bits per heavy atom. The molecule has 4 nitrogen and oxygen atoms in total. The van der Waals surface area contributed by atoms with E-state index in [0.29, 0.717) is 0 Å². The molecule has 1 saturated heterocycles. The molecule has 106 valence electrons. The summed E-state index contributed by atoms with van der Waals surface area (Å²) in [5.74, 6) is 0. The zero-order valence-electron chi connectivity index (χ0n) is 12.0. The van der Waals surface area contributed by atoms with Crippen molar-refractivity contribution < 1.29 is 4.74 Å². The Bertz CT molecular complexity index is 612. The van der Waals surface area contributed by atoms with Crippen LogP contribution in [0.2, 0.25) is 0 Å². The molecule has 1 fully saturated rings. The maximum atomic E-state index is 5.99. The van der Waals surface area contributed by atoms with Crippen LogP contribution in [-0.4, -0.2) is 36.8 Å². The van der Waals surface area contributed by atoms with E-state index in [-0.39, 0.29) is 12.1 Å². The lowest BCUT2D eigenvalue weighted by atomic mass is 10.1. The van der Waals surface area contributed by atoms with Crippen LogP contribution in [0.15, 0.2) is 30.3 Å². The van der Waals surface area contributed by atoms with E-state index in [1.807, 2.05) is 19.9 Å². The maximum absolute atomic E-state index is 5.99. The zero-order chi connectivity index (χ0) is 14.1. The van der Waals surface area contributed by atoms with Crippen LogP contribution in [0, 0.1) is 6.92 Å². The number of pyridine rings is 1. The summed E-state index contributed by atoms with van der Waals surface area (Å²) < 4.78 is 5.75. The van der Waals surface area contributed by atoms with Crippen LogP contribution >= 0.6 is 0 Å². The fourth-order valence-corrected chi connectivity index (χ4v) is 2.76. The highest BCUT2D eigenvalue weighted by atomic mass is 16.5. The Morgan fingerprint density at radius 2 is 2.20 bits per heavy atom. The fraction of sp³-hybridized carbons (Fsp3) is 0.438. The van der Waals surface area contributed by atoms with Crippen LogP contribution in [0.1, 0.15) is 12.6 Å². The number of morpholine rings is 1. The second kappa shape index (κ2) is 5.38. The van der Waals surface area contributed by atoms with Gasteiger partial charge < -0.3 is 15.4 Å². The molecule has 2 atom stereocenters. The second-order valence-electron chi connectivity index (χ2n) is 5.51. The third-order valence-electron chi connectivity index (χ3n) is 3.84. The Balaban J connectivity index is 2.01. The number of hydrogen-bond donors (Lipinski definition) is 1. The molecule has 2 N–H and O–H groups in total. The van der Waals surface area contributed by atoms with Gasteiger partial charge in [0, 0.05) is 35.9 Å². The number of anilines is 1. The average molecular weight is 271 g/mol. The second-order valence-corrected chi connectivity index (χ2v) is 5.51. The molecule has 1 aliphatic rings. The number of nitrogens with zero attached hydrogens (tertiary/aromatic N) is 2. The van der Waals surface area contributed by atoms with Crippen LogP contribution < -0.4 is 10.6 Å². The zero-order valence-corrected chi connectivity index (χ0v) is 12.0. The molecule has 0 amide bonds. The number of benzene rings is 1. The maximum Gasteiger partial charge on any atom is 0.0898 e. The van der Waals surface area contributed by atoms with Gasteiger partial charge in [0.05, 0.1) is 18.2 Å². The predicted octanol–water partition coefficient (Wildman–Crippen LogP) is 2.10. The first-order valence-corrected chi connectivity index (χ1v) is 7.13. The minimum Gasteiger partial charge on any atom is -0.373 e. The summed E-state index contributed by atoms with van der Waals surface area (Å²) in [5.41, 5.74) is 9.32. The van der Waals surface area contributed by atoms with Gasteiger partial charge >= 0.3 is 0 Å². The molecule has 2 heterocycles. The fourth-order valence-electron chi connectivity index (χ4n) is 2.76. The van der Waals surface area contributed by atoms with E-state index in [0.717, 1.165) is 30.9 Å². The Morgan fingerprint density at radius 1 is 1.40 bits per heavy atom. The third-order valence-corrected chi connectivity index (χ3v) is 3.84. The number of aryl methyl sites for hydroxylation is 1. The summed E-state index contributed by atoms with van der Waals surface area (Å²) in [7, 11) is 0. The van der Waals surface area contributed by atoms with Crippen molar-refractivity contribution in [3.05, 3.63) is 36.0 Å². The van der Waals surface area contributed by atoms with Crippen molar-refractivity contribution in [2.24, 2.45) is 5.73 Å². The Labute approximate surface area is 119 Å². The highest BCUT2D eigenvalue weighted by Crippen LogP contribution is 2.28. The number of aromatic nitrogens is 1. The summed E-state index contributed by atoms with van der Waals surface area (Å²) in [5, 5.41) is 1.20. The van der Waals surface area contributed by atoms with Gasteiger partial charge in [0.1, 0.15) is 0 Å². The molecule has 2 aromatic rings. The first kappa shape index (κ1) is 13.3. The van der Waals surface area contributed by atoms with E-state index in [4.69, 9.17) is 10.5 Å². The first-order chi connectivity index (χ1) is 9.65. The molecule has 20 heavy (non-hydrogen) atoms. The Kier molecular flexibility index (Phi) is 3.59. The normalized spacial score (nSPS) is 21.1. The van der Waals surface area contributed by atoms with Gasteiger partial charge in [-0.05, 0) is 26.0 Å². The topological polar surface area (TPSA) is 51.4 Å². The van der Waals surface area contributed by atoms with Gasteiger partial charge in [-0.2, -0.15) is 0 Å². The number of hydrogen-bond acceptors (Lipinski definition) is 4. The van der Waals surface area contributed by atoms with Gasteiger partial charge in [-0.3, -0.25) is 4.98 Å². The molecular formula is C16H21N3O. The van der Waals surface area contributed by atoms with Crippen LogP contribution in [0.5, 0.6) is 0 Å². The van der Waals surface area contributed by atoms with E-state index < -0.39 is 0 Å². The molecule has 0 radical (unpaired) electrons. The molecular weight excluding hydrogens is 250 g/mol. The molecule has 0 saturated carbocycles. The van der Waals surface area contributed by atoms with Crippen molar-refractivity contribution in [3.8, 4) is 0 Å². The monoisotopic (exact) mass is 271 g/mol. The predicted molar refractivity (Wildman–Crippen MR) is 82.1 cm³/mol. The van der Waals surface area contributed by atoms with Crippen molar-refractivity contribution in [2.75, 3.05) is 24.6 Å². The van der Waals surface area contributed by atoms with E-state index >= 15 is 0 Å². The quantitative estimate of drug-likeness (QED) is 0.908. The third kappa shape index (κ3) is 2.49. The number of ether oxygens (including phenoxy) is 1. The van der Waals surface area contributed by atoms with Crippen LogP contribution in [0.4, 0.5) is 5.69 Å². The molecule has 3 rings (SSSR count). The van der Waals surface area contributed by atoms with Crippen molar-refractivity contribution in [1.29, 1.82) is 0 Å². The highest BCUT2D eigenvalue weighted by Gasteiger charge is 2.24. The molecule has 0 bridgehead atoms. The van der Waals surface area contributed by atoms with Gasteiger partial charge in [0.15, 0.2) is 0 Å². The van der Waals surface area contributed by atoms with E-state index in [1.54, 1.807) is 0 Å². The van der Waals surface area contributed by atoms with E-state index in [2.05, 4.69) is 34.1 Å². The van der Waals surface area contributed by atoms with E-state index in [1.165, 1.54) is 11.1 Å². The SMILES string of the molecule is Cc1cc(N2CCOC(C(C)N)C2)c2ccccc2n1. The van der Waals surface area contributed by atoms with Crippen LogP contribution in [0.25, 0.3) is 10.9 Å². The molecule has 4 heteroatoms. The van der Waals surface area contributed by atoms with Gasteiger partial charge in [-0.1, -0.05) is 18.2 Å². The van der Waals surface area contributed by atoms with Gasteiger partial charge in [0.2, 0.25) is 0 Å². The van der Waals surface area contributed by atoms with E-state index in [9.17, 15) is 0 Å². The van der Waals surface area contributed by atoms with Gasteiger partial charge in [-0.25, -0.2) is 0 Å². The number of rotatable bonds is 2. The molecule has 1 aliphatic heterocycles. The summed E-state index contributed by atoms with van der Waals surface area (Å²) >= 11 is 0. The van der Waals surface area contributed by atoms with Gasteiger partial charge in [0.25, 0.3) is 0 Å². The lowest BCUT2D eigenvalue weighted by Gasteiger charge is -2.36. The summed E-state index contributed by atoms with van der Waals surface area (Å²) in [6, 6.07) is 10.5. The van der Waals surface area contributed by atoms with Crippen molar-refractivity contribution >= 4 is 16.6 Å². The Hall–Kier alpha value is -1.65. The van der Waals surface area contributed by atoms with Gasteiger partial charge in [-0.15, -0.1) is 0 Å². The van der Waals surface area contributed by atoms with Crippen molar-refractivity contribution in [2.45, 2.75) is 26.0 Å². The summed E-state index contributed by atoms with van der Waals surface area (Å²) in [6.07, 6.45) is 0.0935. The lowest BCUT2D eigenvalue weighted by Crippen LogP contribution is -2.49. The smallest absolute Gasteiger partial charge is 0.0898 e. The van der Waals surface area contributed by atoms with Crippen LogP contribution in [-0.2, 0) is 4.74 Å². The van der Waals surface area contributed by atoms with Crippen molar-refractivity contribution in [3.63, 3.8) is 0 Å². The largest absolute Gasteiger partial charge is 0.373 e. The minimum atomic E-state index is 0.0481. The lowest BCUT2D eigenvalue weighted by molar-refractivity contribution is 0.0277. The standard InChI is InChI=1S/C16H21N3O/c1-11-9-15(13-5-3-4-6-14(13)18-11)19-7-8-20-16(10-19)12(2)17/h3-6,9,12,16H,7-8,10,17H2,1-2H3. The minimum absolute atomic E-state index is 0.0481. The first-order valence-electron chi connectivity index (χ1n) is 7.13. The van der Waals surface area contributed by atoms with Crippen LogP contribution in [0.3, 0.4) is 0 Å². The molecule has 1 aromatic heterocycles. The van der Waals surface area contributed by atoms with Crippen molar-refractivity contribution in [1.82, 2.24) is 4.98 Å². The highest BCUT2D eigenvalue weighted by molar-refractivity contribution is 5.92. The number of nitrogens with two attached hydrogens (primary N) is 1. The molecule has 0 spiro atoms. The molecule has 1 aromatic carbocycles. The molecule has 2 unspecified atom stereocenters. The molecule has 0 aliphatic carbocycles. The number of fused-ring (bicyclic) bond motifs is 1. The average Bonchev–Trinajstić information content (AvgIpc) is 2.46. The summed E-state index contributed by atoms with van der Waals surface area (Å²) in [4.78, 5) is 6.97. The summed E-state index contributed by atoms with van der Waals surface area (Å²) in [6.45, 7) is 6.51.